The molecule has 220 valence electrons. The zero-order valence-corrected chi connectivity index (χ0v) is 22.8. The highest BCUT2D eigenvalue weighted by atomic mass is 16.7. The second-order valence-electron chi connectivity index (χ2n) is 9.99. The Labute approximate surface area is 243 Å². The van der Waals surface area contributed by atoms with E-state index in [-0.39, 0.29) is 59.5 Å². The summed E-state index contributed by atoms with van der Waals surface area (Å²) in [5, 5.41) is 23.8. The Hall–Kier alpha value is -5.52. The molecule has 0 spiro atoms. The number of aromatic hydroxyl groups is 1. The summed E-state index contributed by atoms with van der Waals surface area (Å²) in [6.07, 6.45) is 1.53. The van der Waals surface area contributed by atoms with E-state index < -0.39 is 29.7 Å². The number of fused-ring (bicyclic) bond motifs is 2. The fourth-order valence-electron chi connectivity index (χ4n) is 4.91. The number of phenolic OH excluding ortho intramolecular Hbond substituents is 1. The molecular formula is C31H26N2O10. The molecule has 0 aromatic heterocycles. The predicted octanol–water partition coefficient (Wildman–Crippen LogP) is 3.87. The Morgan fingerprint density at radius 2 is 1.63 bits per heavy atom. The van der Waals surface area contributed by atoms with Gasteiger partial charge in [-0.3, -0.25) is 19.2 Å². The molecular weight excluding hydrogens is 560 g/mol. The molecule has 1 fully saturated rings. The maximum atomic E-state index is 12.8. The van der Waals surface area contributed by atoms with Gasteiger partial charge in [0.2, 0.25) is 0 Å². The van der Waals surface area contributed by atoms with Crippen LogP contribution in [0.4, 0.5) is 0 Å². The van der Waals surface area contributed by atoms with Crippen LogP contribution in [0, 0.1) is 0 Å². The zero-order chi connectivity index (χ0) is 30.7. The summed E-state index contributed by atoms with van der Waals surface area (Å²) in [5.41, 5.74) is 1.17. The van der Waals surface area contributed by atoms with Crippen LogP contribution in [0.5, 0.6) is 5.75 Å². The minimum Gasteiger partial charge on any atom is -0.508 e. The number of nitrogens with zero attached hydrogens (tertiary/aromatic N) is 1. The summed E-state index contributed by atoms with van der Waals surface area (Å²) in [7, 11) is 0. The molecule has 12 heteroatoms. The van der Waals surface area contributed by atoms with Gasteiger partial charge in [-0.2, -0.15) is 0 Å². The number of phenols is 1. The maximum Gasteiger partial charge on any atom is 0.336 e. The number of hydrogen-bond acceptors (Lipinski definition) is 9. The summed E-state index contributed by atoms with van der Waals surface area (Å²) in [6, 6.07) is 12.9. The van der Waals surface area contributed by atoms with Crippen molar-refractivity contribution in [1.82, 2.24) is 10.4 Å². The van der Waals surface area contributed by atoms with Crippen molar-refractivity contribution in [1.29, 1.82) is 0 Å². The zero-order valence-electron chi connectivity index (χ0n) is 22.8. The minimum atomic E-state index is -1.27. The van der Waals surface area contributed by atoms with E-state index in [2.05, 4.69) is 5.32 Å². The highest BCUT2D eigenvalue weighted by Crippen LogP contribution is 2.42. The third-order valence-electron chi connectivity index (χ3n) is 7.00. The summed E-state index contributed by atoms with van der Waals surface area (Å²) in [6.45, 7) is 0.262. The number of carboxylic acid groups (broad SMARTS) is 1. The fourth-order valence-corrected chi connectivity index (χ4v) is 4.91. The first-order chi connectivity index (χ1) is 20.6. The van der Waals surface area contributed by atoms with Crippen molar-refractivity contribution in [2.75, 3.05) is 6.54 Å². The quantitative estimate of drug-likeness (QED) is 0.140. The third kappa shape index (κ3) is 6.22. The molecule has 0 bridgehead atoms. The largest absolute Gasteiger partial charge is 0.508 e. The van der Waals surface area contributed by atoms with Crippen molar-refractivity contribution >= 4 is 40.6 Å². The van der Waals surface area contributed by atoms with Crippen LogP contribution in [0.1, 0.15) is 59.2 Å². The highest BCUT2D eigenvalue weighted by molar-refractivity contribution is 6.09. The molecule has 0 unspecified atom stereocenters. The van der Waals surface area contributed by atoms with Gasteiger partial charge in [0, 0.05) is 60.0 Å². The molecule has 0 radical (unpaired) electrons. The molecule has 43 heavy (non-hydrogen) atoms. The van der Waals surface area contributed by atoms with Crippen LogP contribution >= 0.6 is 0 Å². The summed E-state index contributed by atoms with van der Waals surface area (Å²) in [5.74, 6) is -3.39. The smallest absolute Gasteiger partial charge is 0.336 e. The van der Waals surface area contributed by atoms with E-state index in [1.165, 1.54) is 42.5 Å². The Bertz CT molecular complexity index is 1790. The van der Waals surface area contributed by atoms with Crippen molar-refractivity contribution in [3.05, 3.63) is 75.9 Å². The standard InChI is InChI=1S/C31H26N2O10/c34-18-6-9-21-24(15-18)42-25-16-19(35)7-10-22(25)29(21)20-8-5-17(14-23(20)31(40)41)30(39)32-13-3-1-2-4-28(38)43-33-26(36)11-12-27(33)37/h5-10,14-16,34H,1-4,11-13H2,(H,32,39)(H,40,41). The number of imide groups is 1. The predicted molar refractivity (Wildman–Crippen MR) is 151 cm³/mol. The second kappa shape index (κ2) is 12.1. The Kier molecular flexibility index (Phi) is 8.19. The molecule has 12 nitrogen and oxygen atoms in total. The van der Waals surface area contributed by atoms with Gasteiger partial charge in [0.1, 0.15) is 17.1 Å². The number of carbonyl (C=O) groups excluding carboxylic acids is 4. The van der Waals surface area contributed by atoms with Crippen LogP contribution in [0.3, 0.4) is 0 Å². The van der Waals surface area contributed by atoms with Crippen LogP contribution in [0.2, 0.25) is 0 Å². The van der Waals surface area contributed by atoms with Crippen molar-refractivity contribution in [2.24, 2.45) is 0 Å². The minimum absolute atomic E-state index is 0.000314. The summed E-state index contributed by atoms with van der Waals surface area (Å²) < 4.78 is 5.83. The van der Waals surface area contributed by atoms with Gasteiger partial charge >= 0.3 is 11.9 Å². The number of carbonyl (C=O) groups is 5. The van der Waals surface area contributed by atoms with Crippen molar-refractivity contribution in [2.45, 2.75) is 38.5 Å². The molecule has 1 aliphatic carbocycles. The lowest BCUT2D eigenvalue weighted by molar-refractivity contribution is -0.197. The number of hydrogen-bond donors (Lipinski definition) is 3. The van der Waals surface area contributed by atoms with Gasteiger partial charge < -0.3 is 24.8 Å². The number of unbranched alkanes of at least 4 members (excludes halogenated alkanes) is 2. The van der Waals surface area contributed by atoms with E-state index in [9.17, 15) is 39.0 Å². The third-order valence-corrected chi connectivity index (χ3v) is 7.00. The molecule has 2 aromatic rings. The molecule has 2 heterocycles. The van der Waals surface area contributed by atoms with Gasteiger partial charge in [0.05, 0.1) is 5.56 Å². The van der Waals surface area contributed by atoms with E-state index in [0.717, 1.165) is 0 Å². The van der Waals surface area contributed by atoms with Gasteiger partial charge in [0.25, 0.3) is 17.7 Å². The average molecular weight is 587 g/mol. The first kappa shape index (κ1) is 29.0. The number of carboxylic acids is 1. The topological polar surface area (TPSA) is 181 Å². The molecule has 0 atom stereocenters. The lowest BCUT2D eigenvalue weighted by atomic mass is 9.90. The van der Waals surface area contributed by atoms with Crippen LogP contribution in [-0.2, 0) is 19.2 Å². The lowest BCUT2D eigenvalue weighted by Gasteiger charge is -2.17. The van der Waals surface area contributed by atoms with E-state index in [1.54, 1.807) is 12.1 Å². The monoisotopic (exact) mass is 586 g/mol. The Morgan fingerprint density at radius 3 is 2.37 bits per heavy atom. The molecule has 1 saturated heterocycles. The molecule has 2 aliphatic heterocycles. The van der Waals surface area contributed by atoms with Gasteiger partial charge in [-0.25, -0.2) is 9.59 Å². The Morgan fingerprint density at radius 1 is 0.884 bits per heavy atom. The molecule has 3 amide bonds. The molecule has 2 aromatic carbocycles. The molecule has 3 aliphatic rings. The number of hydroxylamine groups is 2. The summed E-state index contributed by atoms with van der Waals surface area (Å²) >= 11 is 0. The first-order valence-corrected chi connectivity index (χ1v) is 13.5. The average Bonchev–Trinajstić information content (AvgIpc) is 3.29. The Balaban J connectivity index is 1.27. The molecule has 0 saturated carbocycles. The summed E-state index contributed by atoms with van der Waals surface area (Å²) in [4.78, 5) is 76.9. The number of rotatable bonds is 10. The molecule has 3 N–H and O–H groups in total. The number of aromatic carboxylic acids is 1. The van der Waals surface area contributed by atoms with Gasteiger partial charge in [-0.1, -0.05) is 12.5 Å². The van der Waals surface area contributed by atoms with Crippen LogP contribution in [0.25, 0.3) is 33.4 Å². The van der Waals surface area contributed by atoms with Crippen molar-refractivity contribution < 1.29 is 43.4 Å². The van der Waals surface area contributed by atoms with Crippen LogP contribution in [0.15, 0.2) is 63.8 Å². The van der Waals surface area contributed by atoms with Crippen molar-refractivity contribution in [3.63, 3.8) is 0 Å². The highest BCUT2D eigenvalue weighted by Gasteiger charge is 2.32. The number of benzene rings is 3. The van der Waals surface area contributed by atoms with E-state index in [0.29, 0.717) is 46.4 Å². The first-order valence-electron chi connectivity index (χ1n) is 13.5. The second-order valence-corrected chi connectivity index (χ2v) is 9.99. The van der Waals surface area contributed by atoms with E-state index >= 15 is 0 Å². The number of nitrogens with one attached hydrogen (secondary N) is 1. The number of amides is 3. The maximum absolute atomic E-state index is 12.8. The van der Waals surface area contributed by atoms with Gasteiger partial charge in [-0.15, -0.1) is 5.06 Å². The van der Waals surface area contributed by atoms with Gasteiger partial charge in [-0.05, 0) is 54.8 Å². The van der Waals surface area contributed by atoms with E-state index in [1.807, 2.05) is 0 Å². The van der Waals surface area contributed by atoms with E-state index in [4.69, 9.17) is 9.25 Å². The SMILES string of the molecule is O=C(CCCCCNC(=O)c1ccc(-c2c3ccc(=O)cc-3oc3cc(O)ccc23)c(C(=O)O)c1)ON1C(=O)CCC1=O. The van der Waals surface area contributed by atoms with Crippen molar-refractivity contribution in [3.8, 4) is 28.2 Å². The fraction of sp³-hybridized carbons (Fsp3) is 0.226. The van der Waals surface area contributed by atoms with Crippen LogP contribution in [-0.4, -0.2) is 51.5 Å². The van der Waals surface area contributed by atoms with Gasteiger partial charge in [0.15, 0.2) is 5.43 Å². The normalized spacial score (nSPS) is 13.1. The van der Waals surface area contributed by atoms with Crippen LogP contribution < -0.4 is 10.7 Å². The lowest BCUT2D eigenvalue weighted by Crippen LogP contribution is -2.31. The molecule has 5 rings (SSSR count).